The maximum atomic E-state index is 10.6. The topological polar surface area (TPSA) is 29.1 Å². The summed E-state index contributed by atoms with van der Waals surface area (Å²) in [5.41, 5.74) is 0.501. The summed E-state index contributed by atoms with van der Waals surface area (Å²) in [7, 11) is 0. The molecule has 0 spiro atoms. The molecule has 0 saturated carbocycles. The van der Waals surface area contributed by atoms with Crippen LogP contribution in [0.4, 0.5) is 0 Å². The molecule has 0 aliphatic heterocycles. The number of carbonyl (C=O) groups is 1. The van der Waals surface area contributed by atoms with E-state index in [1.807, 2.05) is 0 Å². The molecule has 0 unspecified atom stereocenters. The van der Waals surface area contributed by atoms with Gasteiger partial charge in [0, 0.05) is 12.1 Å². The standard InChI is InChI=1S/C9H13NO/c1-4-6-10-7-5-8(2)9(3)11/h4-5,7,10H,1-2,6H2,3H3/b7-5-. The van der Waals surface area contributed by atoms with Crippen molar-refractivity contribution in [3.05, 3.63) is 37.1 Å². The number of hydrogen-bond acceptors (Lipinski definition) is 2. The number of allylic oxidation sites excluding steroid dienone is 2. The summed E-state index contributed by atoms with van der Waals surface area (Å²) in [6.07, 6.45) is 5.07. The van der Waals surface area contributed by atoms with E-state index in [1.54, 1.807) is 18.4 Å². The Kier molecular flexibility index (Phi) is 4.82. The quantitative estimate of drug-likeness (QED) is 0.279. The van der Waals surface area contributed by atoms with Crippen LogP contribution in [0.1, 0.15) is 6.92 Å². The van der Waals surface area contributed by atoms with E-state index in [2.05, 4.69) is 18.5 Å². The van der Waals surface area contributed by atoms with Crippen molar-refractivity contribution in [1.82, 2.24) is 5.32 Å². The molecule has 11 heavy (non-hydrogen) atoms. The lowest BCUT2D eigenvalue weighted by molar-refractivity contribution is -0.113. The molecule has 0 radical (unpaired) electrons. The van der Waals surface area contributed by atoms with Gasteiger partial charge in [0.1, 0.15) is 0 Å². The third kappa shape index (κ3) is 5.15. The van der Waals surface area contributed by atoms with Gasteiger partial charge in [0.15, 0.2) is 5.78 Å². The Labute approximate surface area is 67.3 Å². The van der Waals surface area contributed by atoms with Crippen molar-refractivity contribution >= 4 is 5.78 Å². The third-order valence-corrected chi connectivity index (χ3v) is 1.12. The monoisotopic (exact) mass is 151 g/mol. The summed E-state index contributed by atoms with van der Waals surface area (Å²) in [6.45, 7) is 9.26. The molecule has 0 heterocycles. The number of Topliss-reactive ketones (excluding diaryl/α,β-unsaturated/α-hetero) is 1. The van der Waals surface area contributed by atoms with E-state index in [0.717, 1.165) is 0 Å². The van der Waals surface area contributed by atoms with Gasteiger partial charge in [-0.25, -0.2) is 0 Å². The molecular formula is C9H13NO. The zero-order valence-corrected chi connectivity index (χ0v) is 6.76. The van der Waals surface area contributed by atoms with Crippen LogP contribution in [0.15, 0.2) is 37.1 Å². The molecule has 0 bridgehead atoms. The van der Waals surface area contributed by atoms with Crippen LogP contribution in [0.2, 0.25) is 0 Å². The van der Waals surface area contributed by atoms with Gasteiger partial charge >= 0.3 is 0 Å². The fraction of sp³-hybridized carbons (Fsp3) is 0.222. The molecule has 0 aliphatic carbocycles. The molecule has 0 aromatic carbocycles. The second-order valence-electron chi connectivity index (χ2n) is 2.11. The van der Waals surface area contributed by atoms with Gasteiger partial charge < -0.3 is 5.32 Å². The van der Waals surface area contributed by atoms with E-state index >= 15 is 0 Å². The largest absolute Gasteiger partial charge is 0.387 e. The van der Waals surface area contributed by atoms with Gasteiger partial charge in [-0.15, -0.1) is 6.58 Å². The zero-order chi connectivity index (χ0) is 8.69. The van der Waals surface area contributed by atoms with Crippen LogP contribution in [0.3, 0.4) is 0 Å². The normalized spacial score (nSPS) is 9.55. The molecular weight excluding hydrogens is 138 g/mol. The third-order valence-electron chi connectivity index (χ3n) is 1.12. The first-order valence-electron chi connectivity index (χ1n) is 3.39. The average Bonchev–Trinajstić information content (AvgIpc) is 1.97. The maximum Gasteiger partial charge on any atom is 0.159 e. The van der Waals surface area contributed by atoms with Gasteiger partial charge in [-0.3, -0.25) is 4.79 Å². The number of hydrogen-bond donors (Lipinski definition) is 1. The van der Waals surface area contributed by atoms with E-state index < -0.39 is 0 Å². The Morgan fingerprint density at radius 1 is 1.64 bits per heavy atom. The first-order chi connectivity index (χ1) is 5.18. The van der Waals surface area contributed by atoms with Crippen LogP contribution in [-0.4, -0.2) is 12.3 Å². The first-order valence-corrected chi connectivity index (χ1v) is 3.39. The minimum atomic E-state index is -0.0124. The molecule has 2 nitrogen and oxygen atoms in total. The number of carbonyl (C=O) groups excluding carboxylic acids is 1. The van der Waals surface area contributed by atoms with E-state index in [1.165, 1.54) is 6.92 Å². The van der Waals surface area contributed by atoms with Crippen molar-refractivity contribution in [2.75, 3.05) is 6.54 Å². The second kappa shape index (κ2) is 5.47. The van der Waals surface area contributed by atoms with Crippen LogP contribution in [0, 0.1) is 0 Å². The van der Waals surface area contributed by atoms with Gasteiger partial charge in [-0.2, -0.15) is 0 Å². The summed E-state index contributed by atoms with van der Waals surface area (Å²) in [5, 5.41) is 2.91. The number of nitrogens with one attached hydrogen (secondary N) is 1. The van der Waals surface area contributed by atoms with Gasteiger partial charge in [0.25, 0.3) is 0 Å². The van der Waals surface area contributed by atoms with Crippen molar-refractivity contribution in [2.24, 2.45) is 0 Å². The van der Waals surface area contributed by atoms with Gasteiger partial charge in [0.2, 0.25) is 0 Å². The molecule has 0 amide bonds. The Balaban J connectivity index is 3.65. The molecule has 0 aliphatic rings. The smallest absolute Gasteiger partial charge is 0.159 e. The predicted octanol–water partition coefficient (Wildman–Crippen LogP) is 1.42. The van der Waals surface area contributed by atoms with E-state index in [4.69, 9.17) is 0 Å². The van der Waals surface area contributed by atoms with Crippen LogP contribution in [0.5, 0.6) is 0 Å². The molecule has 2 heteroatoms. The van der Waals surface area contributed by atoms with Crippen molar-refractivity contribution in [2.45, 2.75) is 6.92 Å². The van der Waals surface area contributed by atoms with E-state index in [-0.39, 0.29) is 5.78 Å². The highest BCUT2D eigenvalue weighted by atomic mass is 16.1. The SMILES string of the molecule is C=CCN/C=C\C(=C)C(C)=O. The zero-order valence-electron chi connectivity index (χ0n) is 6.76. The Morgan fingerprint density at radius 3 is 2.73 bits per heavy atom. The van der Waals surface area contributed by atoms with Crippen molar-refractivity contribution in [1.29, 1.82) is 0 Å². The highest BCUT2D eigenvalue weighted by Crippen LogP contribution is 1.91. The van der Waals surface area contributed by atoms with Crippen LogP contribution >= 0.6 is 0 Å². The van der Waals surface area contributed by atoms with Gasteiger partial charge in [-0.05, 0) is 19.2 Å². The highest BCUT2D eigenvalue weighted by Gasteiger charge is 1.91. The van der Waals surface area contributed by atoms with E-state index in [9.17, 15) is 4.79 Å². The molecule has 0 aromatic rings. The Hall–Kier alpha value is -1.31. The summed E-state index contributed by atoms with van der Waals surface area (Å²) in [6, 6.07) is 0. The molecule has 0 aromatic heterocycles. The number of ketones is 1. The lowest BCUT2D eigenvalue weighted by Crippen LogP contribution is -2.03. The molecule has 60 valence electrons. The molecule has 0 saturated heterocycles. The fourth-order valence-electron chi connectivity index (χ4n) is 0.428. The van der Waals surface area contributed by atoms with Crippen LogP contribution < -0.4 is 5.32 Å². The lowest BCUT2D eigenvalue weighted by Gasteiger charge is -1.93. The molecule has 1 N–H and O–H groups in total. The average molecular weight is 151 g/mol. The molecule has 0 atom stereocenters. The first kappa shape index (κ1) is 9.69. The van der Waals surface area contributed by atoms with Crippen molar-refractivity contribution in [3.8, 4) is 0 Å². The van der Waals surface area contributed by atoms with Crippen LogP contribution in [-0.2, 0) is 4.79 Å². The van der Waals surface area contributed by atoms with Crippen molar-refractivity contribution < 1.29 is 4.79 Å². The summed E-state index contributed by atoms with van der Waals surface area (Å²) in [5.74, 6) is -0.0124. The minimum Gasteiger partial charge on any atom is -0.387 e. The molecule has 0 fully saturated rings. The molecule has 0 rings (SSSR count). The number of rotatable bonds is 5. The summed E-state index contributed by atoms with van der Waals surface area (Å²) >= 11 is 0. The second-order valence-corrected chi connectivity index (χ2v) is 2.11. The predicted molar refractivity (Wildman–Crippen MR) is 47.2 cm³/mol. The Bertz CT molecular complexity index is 192. The maximum absolute atomic E-state index is 10.6. The van der Waals surface area contributed by atoms with E-state index in [0.29, 0.717) is 12.1 Å². The van der Waals surface area contributed by atoms with Crippen LogP contribution in [0.25, 0.3) is 0 Å². The highest BCUT2D eigenvalue weighted by molar-refractivity contribution is 5.95. The fourth-order valence-corrected chi connectivity index (χ4v) is 0.428. The Morgan fingerprint density at radius 2 is 2.27 bits per heavy atom. The lowest BCUT2D eigenvalue weighted by atomic mass is 10.2. The summed E-state index contributed by atoms with van der Waals surface area (Å²) < 4.78 is 0. The van der Waals surface area contributed by atoms with Crippen molar-refractivity contribution in [3.63, 3.8) is 0 Å². The van der Waals surface area contributed by atoms with Gasteiger partial charge in [0.05, 0.1) is 0 Å². The minimum absolute atomic E-state index is 0.0124. The van der Waals surface area contributed by atoms with Gasteiger partial charge in [-0.1, -0.05) is 12.7 Å². The summed E-state index contributed by atoms with van der Waals surface area (Å²) in [4.78, 5) is 10.6.